The number of nitrogens with two attached hydrogens (primary N) is 2. The Kier molecular flexibility index (Phi) is 3.92. The van der Waals surface area contributed by atoms with Crippen LogP contribution in [0.15, 0.2) is 4.79 Å². The molecule has 0 spiro atoms. The van der Waals surface area contributed by atoms with Crippen molar-refractivity contribution in [2.75, 3.05) is 12.3 Å². The van der Waals surface area contributed by atoms with E-state index >= 15 is 0 Å². The maximum atomic E-state index is 12.6. The number of nitrogen functional groups attached to an aromatic ring is 1. The first-order valence-corrected chi connectivity index (χ1v) is 6.87. The summed E-state index contributed by atoms with van der Waals surface area (Å²) in [6.45, 7) is -0.976. The Labute approximate surface area is 133 Å². The van der Waals surface area contributed by atoms with Crippen molar-refractivity contribution >= 4 is 22.8 Å². The van der Waals surface area contributed by atoms with E-state index in [0.29, 0.717) is 4.68 Å². The van der Waals surface area contributed by atoms with Crippen LogP contribution >= 0.6 is 0 Å². The van der Waals surface area contributed by atoms with E-state index in [0.717, 1.165) is 4.68 Å². The standard InChI is InChI=1S/C11H15N7O6/c12-4(20)1-17-6-5(9(13)15-17)14-16-18(10(6)23)11-8(22)7(21)3(2-19)24-11/h3,7-8,11,19,21-22H,1-2H2,(H2,12,20)(H2,13,15). The van der Waals surface area contributed by atoms with E-state index in [-0.39, 0.29) is 16.9 Å². The molecule has 0 bridgehead atoms. The predicted molar refractivity (Wildman–Crippen MR) is 76.2 cm³/mol. The van der Waals surface area contributed by atoms with Gasteiger partial charge in [0.05, 0.1) is 6.61 Å². The van der Waals surface area contributed by atoms with Crippen molar-refractivity contribution in [1.29, 1.82) is 0 Å². The number of hydrogen-bond acceptors (Lipinski definition) is 10. The van der Waals surface area contributed by atoms with Crippen LogP contribution in [0, 0.1) is 0 Å². The van der Waals surface area contributed by atoms with Crippen molar-refractivity contribution in [2.24, 2.45) is 5.73 Å². The molecule has 2 aromatic heterocycles. The molecule has 4 unspecified atom stereocenters. The quantitative estimate of drug-likeness (QED) is 0.361. The third-order valence-electron chi connectivity index (χ3n) is 3.67. The van der Waals surface area contributed by atoms with E-state index < -0.39 is 49.2 Å². The molecule has 0 saturated carbocycles. The molecule has 1 aliphatic rings. The second-order valence-electron chi connectivity index (χ2n) is 5.27. The molecule has 1 saturated heterocycles. The van der Waals surface area contributed by atoms with Gasteiger partial charge in [-0.05, 0) is 0 Å². The van der Waals surface area contributed by atoms with Gasteiger partial charge in [0.25, 0.3) is 5.56 Å². The molecule has 4 atom stereocenters. The maximum absolute atomic E-state index is 12.6. The summed E-state index contributed by atoms with van der Waals surface area (Å²) in [6.07, 6.45) is -5.39. The average Bonchev–Trinajstić information content (AvgIpc) is 2.98. The van der Waals surface area contributed by atoms with Crippen LogP contribution < -0.4 is 17.0 Å². The predicted octanol–water partition coefficient (Wildman–Crippen LogP) is -4.33. The third kappa shape index (κ3) is 2.39. The summed E-state index contributed by atoms with van der Waals surface area (Å²) in [5.41, 5.74) is 9.73. The van der Waals surface area contributed by atoms with Crippen molar-refractivity contribution in [3.63, 3.8) is 0 Å². The van der Waals surface area contributed by atoms with Gasteiger partial charge in [0.15, 0.2) is 23.1 Å². The molecular weight excluding hydrogens is 326 g/mol. The number of aliphatic hydroxyl groups is 3. The Hall–Kier alpha value is -2.61. The van der Waals surface area contributed by atoms with Crippen molar-refractivity contribution in [3.05, 3.63) is 10.4 Å². The van der Waals surface area contributed by atoms with Gasteiger partial charge in [-0.1, -0.05) is 5.21 Å². The molecule has 3 rings (SSSR count). The number of rotatable bonds is 4. The fourth-order valence-corrected chi connectivity index (χ4v) is 2.53. The number of aliphatic hydroxyl groups excluding tert-OH is 3. The SMILES string of the molecule is NC(=O)Cn1nc(N)c2nnn(C3OC(CO)C(O)C3O)c(=O)c21. The Morgan fingerprint density at radius 3 is 2.62 bits per heavy atom. The summed E-state index contributed by atoms with van der Waals surface area (Å²) >= 11 is 0. The average molecular weight is 341 g/mol. The van der Waals surface area contributed by atoms with Crippen LogP contribution in [0.3, 0.4) is 0 Å². The van der Waals surface area contributed by atoms with Crippen LogP contribution in [-0.4, -0.2) is 70.9 Å². The highest BCUT2D eigenvalue weighted by atomic mass is 16.6. The highest BCUT2D eigenvalue weighted by Crippen LogP contribution is 2.28. The number of carbonyl (C=O) groups excluding carboxylic acids is 1. The number of anilines is 1. The van der Waals surface area contributed by atoms with Crippen molar-refractivity contribution in [3.8, 4) is 0 Å². The zero-order valence-corrected chi connectivity index (χ0v) is 12.2. The minimum absolute atomic E-state index is 0.0377. The normalized spacial score (nSPS) is 27.0. The molecule has 3 heterocycles. The van der Waals surface area contributed by atoms with Gasteiger partial charge in [-0.2, -0.15) is 9.78 Å². The van der Waals surface area contributed by atoms with Crippen molar-refractivity contribution < 1.29 is 24.9 Å². The molecule has 1 amide bonds. The van der Waals surface area contributed by atoms with E-state index in [1.807, 2.05) is 0 Å². The summed E-state index contributed by atoms with van der Waals surface area (Å²) in [6, 6.07) is 0. The lowest BCUT2D eigenvalue weighted by molar-refractivity contribution is -0.118. The van der Waals surface area contributed by atoms with Gasteiger partial charge < -0.3 is 31.5 Å². The number of carbonyl (C=O) groups is 1. The first-order valence-electron chi connectivity index (χ1n) is 6.87. The number of primary amides is 1. The Bertz CT molecular complexity index is 847. The van der Waals surface area contributed by atoms with E-state index in [1.54, 1.807) is 0 Å². The van der Waals surface area contributed by atoms with Crippen LogP contribution in [0.1, 0.15) is 6.23 Å². The molecule has 0 radical (unpaired) electrons. The summed E-state index contributed by atoms with van der Waals surface area (Å²) in [4.78, 5) is 23.7. The molecule has 1 aliphatic heterocycles. The smallest absolute Gasteiger partial charge is 0.298 e. The first-order chi connectivity index (χ1) is 11.3. The lowest BCUT2D eigenvalue weighted by Gasteiger charge is -2.15. The maximum Gasteiger partial charge on any atom is 0.298 e. The zero-order chi connectivity index (χ0) is 17.6. The van der Waals surface area contributed by atoms with Crippen LogP contribution in [0.2, 0.25) is 0 Å². The van der Waals surface area contributed by atoms with Crippen LogP contribution in [0.4, 0.5) is 5.82 Å². The number of aromatic nitrogens is 5. The second-order valence-corrected chi connectivity index (χ2v) is 5.27. The monoisotopic (exact) mass is 341 g/mol. The van der Waals surface area contributed by atoms with Gasteiger partial charge in [0.2, 0.25) is 5.91 Å². The highest BCUT2D eigenvalue weighted by molar-refractivity contribution is 5.85. The van der Waals surface area contributed by atoms with E-state index in [1.165, 1.54) is 0 Å². The number of fused-ring (bicyclic) bond motifs is 1. The number of hydrogen-bond donors (Lipinski definition) is 5. The van der Waals surface area contributed by atoms with Crippen LogP contribution in [0.5, 0.6) is 0 Å². The summed E-state index contributed by atoms with van der Waals surface area (Å²) in [5, 5.41) is 40.0. The lowest BCUT2D eigenvalue weighted by Crippen LogP contribution is -2.37. The van der Waals surface area contributed by atoms with Crippen molar-refractivity contribution in [2.45, 2.75) is 31.1 Å². The molecule has 7 N–H and O–H groups in total. The van der Waals surface area contributed by atoms with Crippen LogP contribution in [0.25, 0.3) is 11.0 Å². The first kappa shape index (κ1) is 16.3. The minimum atomic E-state index is -1.52. The Balaban J connectivity index is 2.12. The highest BCUT2D eigenvalue weighted by Gasteiger charge is 2.44. The molecule has 130 valence electrons. The lowest BCUT2D eigenvalue weighted by atomic mass is 10.1. The summed E-state index contributed by atoms with van der Waals surface area (Å²) in [5.74, 6) is -0.876. The third-order valence-corrected chi connectivity index (χ3v) is 3.67. The van der Waals surface area contributed by atoms with Gasteiger partial charge in [-0.15, -0.1) is 5.10 Å². The molecule has 0 aliphatic carbocycles. The topological polar surface area (TPSA) is 205 Å². The van der Waals surface area contributed by atoms with Gasteiger partial charge in [0, 0.05) is 0 Å². The second kappa shape index (κ2) is 5.79. The minimum Gasteiger partial charge on any atom is -0.394 e. The van der Waals surface area contributed by atoms with E-state index in [9.17, 15) is 19.8 Å². The fraction of sp³-hybridized carbons (Fsp3) is 0.545. The van der Waals surface area contributed by atoms with Gasteiger partial charge in [-0.3, -0.25) is 9.59 Å². The Morgan fingerprint density at radius 2 is 2.04 bits per heavy atom. The van der Waals surface area contributed by atoms with Gasteiger partial charge >= 0.3 is 0 Å². The summed E-state index contributed by atoms with van der Waals surface area (Å²) < 4.78 is 6.90. The van der Waals surface area contributed by atoms with Crippen molar-refractivity contribution in [1.82, 2.24) is 24.8 Å². The molecule has 0 aromatic carbocycles. The molecule has 13 nitrogen and oxygen atoms in total. The van der Waals surface area contributed by atoms with Gasteiger partial charge in [-0.25, -0.2) is 4.68 Å². The molecular formula is C11H15N7O6. The zero-order valence-electron chi connectivity index (χ0n) is 12.2. The number of ether oxygens (including phenoxy) is 1. The van der Waals surface area contributed by atoms with Crippen LogP contribution in [-0.2, 0) is 16.1 Å². The van der Waals surface area contributed by atoms with E-state index in [4.69, 9.17) is 21.3 Å². The van der Waals surface area contributed by atoms with E-state index in [2.05, 4.69) is 15.4 Å². The Morgan fingerprint density at radius 1 is 1.33 bits per heavy atom. The number of amides is 1. The largest absolute Gasteiger partial charge is 0.394 e. The molecule has 13 heteroatoms. The van der Waals surface area contributed by atoms with Gasteiger partial charge in [0.1, 0.15) is 24.9 Å². The molecule has 1 fully saturated rings. The molecule has 2 aromatic rings. The molecule has 24 heavy (non-hydrogen) atoms. The fourth-order valence-electron chi connectivity index (χ4n) is 2.53. The number of nitrogens with zero attached hydrogens (tertiary/aromatic N) is 5. The summed E-state index contributed by atoms with van der Waals surface area (Å²) in [7, 11) is 0.